The maximum absolute atomic E-state index is 12.7. The molecule has 0 spiro atoms. The molecule has 0 saturated heterocycles. The van der Waals surface area contributed by atoms with Crippen LogP contribution < -0.4 is 11.1 Å². The molecule has 7 heteroatoms. The van der Waals surface area contributed by atoms with Crippen LogP contribution in [0.4, 0.5) is 0 Å². The largest absolute Gasteiger partial charge is 0.513 e. The second-order valence-electron chi connectivity index (χ2n) is 13.8. The monoisotopic (exact) mass is 628 g/mol. The van der Waals surface area contributed by atoms with Gasteiger partial charge in [0.1, 0.15) is 0 Å². The van der Waals surface area contributed by atoms with Crippen LogP contribution >= 0.6 is 0 Å². The SMILES string of the molecule is C=C(O)CCCC(CCCC(CCC1CC(CCc2ccccc2)C(CCCCO)CC1C(N)=O)OCC)CC(=O)NC(C)C. The van der Waals surface area contributed by atoms with E-state index in [9.17, 15) is 19.8 Å². The molecule has 0 bridgehead atoms. The minimum Gasteiger partial charge on any atom is -0.513 e. The second-order valence-corrected chi connectivity index (χ2v) is 13.8. The van der Waals surface area contributed by atoms with Crippen molar-refractivity contribution in [3.63, 3.8) is 0 Å². The number of carbonyl (C=O) groups is 2. The predicted molar refractivity (Wildman–Crippen MR) is 184 cm³/mol. The molecule has 1 aliphatic carbocycles. The molecule has 2 rings (SSSR count). The van der Waals surface area contributed by atoms with Crippen LogP contribution in [0.5, 0.6) is 0 Å². The summed E-state index contributed by atoms with van der Waals surface area (Å²) in [5, 5.41) is 21.9. The topological polar surface area (TPSA) is 122 Å². The number of amides is 2. The fraction of sp³-hybridized carbons (Fsp3) is 0.737. The van der Waals surface area contributed by atoms with Crippen LogP contribution in [0.1, 0.15) is 123 Å². The number of hydrogen-bond donors (Lipinski definition) is 4. The van der Waals surface area contributed by atoms with Gasteiger partial charge in [0, 0.05) is 38.0 Å². The summed E-state index contributed by atoms with van der Waals surface area (Å²) in [7, 11) is 0. The Labute approximate surface area is 273 Å². The molecule has 5 N–H and O–H groups in total. The molecule has 45 heavy (non-hydrogen) atoms. The first-order valence-electron chi connectivity index (χ1n) is 17.8. The number of allylic oxidation sites excluding steroid dienone is 1. The molecule has 2 amide bonds. The maximum atomic E-state index is 12.7. The van der Waals surface area contributed by atoms with Crippen molar-refractivity contribution >= 4 is 11.8 Å². The number of aliphatic hydroxyl groups is 2. The molecule has 0 aliphatic heterocycles. The van der Waals surface area contributed by atoms with E-state index in [0.717, 1.165) is 89.9 Å². The Bertz CT molecular complexity index is 968. The van der Waals surface area contributed by atoms with E-state index >= 15 is 0 Å². The first-order chi connectivity index (χ1) is 21.6. The quantitative estimate of drug-likeness (QED) is 0.0692. The summed E-state index contributed by atoms with van der Waals surface area (Å²) >= 11 is 0. The number of ether oxygens (including phenoxy) is 1. The van der Waals surface area contributed by atoms with Crippen molar-refractivity contribution in [3.8, 4) is 0 Å². The van der Waals surface area contributed by atoms with Gasteiger partial charge in [-0.05, 0) is 121 Å². The lowest BCUT2D eigenvalue weighted by molar-refractivity contribution is -0.126. The van der Waals surface area contributed by atoms with Gasteiger partial charge in [-0.25, -0.2) is 0 Å². The molecule has 6 unspecified atom stereocenters. The number of unbranched alkanes of at least 4 members (excludes halogenated alkanes) is 1. The number of aryl methyl sites for hydroxylation is 1. The van der Waals surface area contributed by atoms with Crippen LogP contribution in [0, 0.1) is 29.6 Å². The lowest BCUT2D eigenvalue weighted by atomic mass is 9.64. The van der Waals surface area contributed by atoms with Crippen LogP contribution in [0.25, 0.3) is 0 Å². The van der Waals surface area contributed by atoms with E-state index in [2.05, 4.69) is 42.2 Å². The standard InChI is InChI=1S/C38H64N2O5/c1-5-45-35(19-12-17-31(16-11-13-29(4)42)25-37(43)40-28(2)3)23-22-34-26-33(21-20-30-14-7-6-8-15-30)32(18-9-10-24-41)27-36(34)38(39)44/h6-8,14-15,28,31-36,41-42H,4-5,9-13,16-27H2,1-3H3,(H2,39,44)(H,40,43). The van der Waals surface area contributed by atoms with Crippen LogP contribution in [0.3, 0.4) is 0 Å². The van der Waals surface area contributed by atoms with Crippen molar-refractivity contribution in [3.05, 3.63) is 48.2 Å². The molecule has 256 valence electrons. The smallest absolute Gasteiger partial charge is 0.220 e. The third kappa shape index (κ3) is 16.1. The predicted octanol–water partition coefficient (Wildman–Crippen LogP) is 7.65. The first kappa shape index (κ1) is 38.8. The van der Waals surface area contributed by atoms with E-state index < -0.39 is 0 Å². The fourth-order valence-corrected chi connectivity index (χ4v) is 7.51. The number of benzene rings is 1. The van der Waals surface area contributed by atoms with Gasteiger partial charge >= 0.3 is 0 Å². The Morgan fingerprint density at radius 3 is 2.31 bits per heavy atom. The maximum Gasteiger partial charge on any atom is 0.220 e. The zero-order valence-electron chi connectivity index (χ0n) is 28.6. The van der Waals surface area contributed by atoms with Crippen LogP contribution in [-0.2, 0) is 20.7 Å². The zero-order chi connectivity index (χ0) is 33.0. The number of nitrogens with one attached hydrogen (secondary N) is 1. The highest BCUT2D eigenvalue weighted by atomic mass is 16.5. The third-order valence-corrected chi connectivity index (χ3v) is 9.79. The molecule has 6 atom stereocenters. The molecule has 1 aromatic carbocycles. The summed E-state index contributed by atoms with van der Waals surface area (Å²) < 4.78 is 6.21. The highest BCUT2D eigenvalue weighted by Crippen LogP contribution is 2.44. The molecule has 7 nitrogen and oxygen atoms in total. The van der Waals surface area contributed by atoms with Crippen molar-refractivity contribution in [2.24, 2.45) is 35.3 Å². The van der Waals surface area contributed by atoms with E-state index in [0.29, 0.717) is 31.3 Å². The number of aliphatic hydroxyl groups excluding tert-OH is 2. The lowest BCUT2D eigenvalue weighted by Gasteiger charge is -2.41. The first-order valence-corrected chi connectivity index (χ1v) is 17.8. The molecular formula is C38H64N2O5. The average molecular weight is 629 g/mol. The number of nitrogens with two attached hydrogens (primary N) is 1. The summed E-state index contributed by atoms with van der Waals surface area (Å²) in [5.74, 6) is 1.54. The van der Waals surface area contributed by atoms with Gasteiger partial charge in [-0.2, -0.15) is 0 Å². The van der Waals surface area contributed by atoms with Crippen molar-refractivity contribution < 1.29 is 24.5 Å². The average Bonchev–Trinajstić information content (AvgIpc) is 2.99. The van der Waals surface area contributed by atoms with Crippen molar-refractivity contribution in [2.45, 2.75) is 136 Å². The van der Waals surface area contributed by atoms with Gasteiger partial charge in [-0.3, -0.25) is 9.59 Å². The Morgan fingerprint density at radius 2 is 1.67 bits per heavy atom. The van der Waals surface area contributed by atoms with Gasteiger partial charge in [0.2, 0.25) is 11.8 Å². The van der Waals surface area contributed by atoms with Gasteiger partial charge in [-0.15, -0.1) is 0 Å². The molecule has 1 fully saturated rings. The van der Waals surface area contributed by atoms with Gasteiger partial charge < -0.3 is 26.0 Å². The molecule has 1 aromatic rings. The van der Waals surface area contributed by atoms with E-state index in [1.807, 2.05) is 20.8 Å². The molecular weight excluding hydrogens is 564 g/mol. The highest BCUT2D eigenvalue weighted by Gasteiger charge is 2.39. The van der Waals surface area contributed by atoms with Crippen molar-refractivity contribution in [1.29, 1.82) is 0 Å². The number of primary amides is 1. The van der Waals surface area contributed by atoms with Gasteiger partial charge in [0.25, 0.3) is 0 Å². The van der Waals surface area contributed by atoms with E-state index in [-0.39, 0.29) is 54.1 Å². The number of carbonyl (C=O) groups excluding carboxylic acids is 2. The van der Waals surface area contributed by atoms with Crippen molar-refractivity contribution in [1.82, 2.24) is 5.32 Å². The summed E-state index contributed by atoms with van der Waals surface area (Å²) in [6.07, 6.45) is 14.5. The zero-order valence-corrected chi connectivity index (χ0v) is 28.6. The Kier molecular flexibility index (Phi) is 19.1. The van der Waals surface area contributed by atoms with E-state index in [1.165, 1.54) is 5.56 Å². The van der Waals surface area contributed by atoms with Crippen LogP contribution in [0.15, 0.2) is 42.7 Å². The van der Waals surface area contributed by atoms with Crippen molar-refractivity contribution in [2.75, 3.05) is 13.2 Å². The third-order valence-electron chi connectivity index (χ3n) is 9.79. The Balaban J connectivity index is 2.01. The van der Waals surface area contributed by atoms with Gasteiger partial charge in [0.15, 0.2) is 0 Å². The van der Waals surface area contributed by atoms with Gasteiger partial charge in [-0.1, -0.05) is 56.2 Å². The Morgan fingerprint density at radius 1 is 0.956 bits per heavy atom. The summed E-state index contributed by atoms with van der Waals surface area (Å²) in [6.45, 7) is 10.5. The summed E-state index contributed by atoms with van der Waals surface area (Å²) in [5.41, 5.74) is 7.39. The highest BCUT2D eigenvalue weighted by molar-refractivity contribution is 5.77. The fourth-order valence-electron chi connectivity index (χ4n) is 7.51. The second kappa shape index (κ2) is 22.2. The lowest BCUT2D eigenvalue weighted by Crippen LogP contribution is -2.40. The van der Waals surface area contributed by atoms with E-state index in [4.69, 9.17) is 10.5 Å². The minimum atomic E-state index is -0.172. The molecule has 0 heterocycles. The number of rotatable bonds is 24. The molecule has 0 aromatic heterocycles. The molecule has 1 aliphatic rings. The van der Waals surface area contributed by atoms with E-state index in [1.54, 1.807) is 0 Å². The molecule has 0 radical (unpaired) electrons. The number of hydrogen-bond acceptors (Lipinski definition) is 5. The minimum absolute atomic E-state index is 0.0884. The normalized spacial score (nSPS) is 21.4. The Hall–Kier alpha value is -2.38. The summed E-state index contributed by atoms with van der Waals surface area (Å²) in [6, 6.07) is 10.8. The van der Waals surface area contributed by atoms with Crippen LogP contribution in [-0.4, -0.2) is 47.4 Å². The van der Waals surface area contributed by atoms with Crippen LogP contribution in [0.2, 0.25) is 0 Å². The summed E-state index contributed by atoms with van der Waals surface area (Å²) in [4.78, 5) is 25.2. The molecule has 1 saturated carbocycles. The van der Waals surface area contributed by atoms with Gasteiger partial charge in [0.05, 0.1) is 11.9 Å².